The molecule has 0 atom stereocenters. The molecule has 0 aromatic heterocycles. The van der Waals surface area contributed by atoms with E-state index in [-0.39, 0.29) is 0 Å². The predicted octanol–water partition coefficient (Wildman–Crippen LogP) is -0.558. The smallest absolute Gasteiger partial charge is 0.0348 e. The predicted molar refractivity (Wildman–Crippen MR) is 48.4 cm³/mol. The van der Waals surface area contributed by atoms with Crippen LogP contribution in [0.5, 0.6) is 0 Å². The van der Waals surface area contributed by atoms with Gasteiger partial charge in [-0.05, 0) is 5.22 Å². The van der Waals surface area contributed by atoms with Crippen LogP contribution >= 0.6 is 0 Å². The van der Waals surface area contributed by atoms with Gasteiger partial charge in [-0.3, -0.25) is 10.3 Å². The summed E-state index contributed by atoms with van der Waals surface area (Å²) in [4.78, 5) is 0. The zero-order chi connectivity index (χ0) is 8.97. The largest absolute Gasteiger partial charge is 0.404 e. The first kappa shape index (κ1) is 8.62. The Hall–Kier alpha value is -1.48. The van der Waals surface area contributed by atoms with E-state index in [1.165, 1.54) is 6.20 Å². The monoisotopic (exact) mass is 164 g/mol. The van der Waals surface area contributed by atoms with Crippen LogP contribution in [0.4, 0.5) is 0 Å². The summed E-state index contributed by atoms with van der Waals surface area (Å²) in [6, 6.07) is 7.55. The Kier molecular flexibility index (Phi) is 2.71. The van der Waals surface area contributed by atoms with Gasteiger partial charge in [-0.15, -0.1) is 0 Å². The van der Waals surface area contributed by atoms with Gasteiger partial charge in [0, 0.05) is 24.7 Å². The zero-order valence-electron chi connectivity index (χ0n) is 6.94. The SMILES string of the molecule is CN(O)/C=c1/cccc/c1=C/N. The van der Waals surface area contributed by atoms with Gasteiger partial charge in [-0.2, -0.15) is 0 Å². The average Bonchev–Trinajstić information content (AvgIpc) is 2.04. The van der Waals surface area contributed by atoms with Gasteiger partial charge in [0.15, 0.2) is 0 Å². The van der Waals surface area contributed by atoms with Crippen LogP contribution in [0, 0.1) is 0 Å². The maximum absolute atomic E-state index is 8.95. The average molecular weight is 164 g/mol. The molecule has 0 aliphatic rings. The Morgan fingerprint density at radius 3 is 2.42 bits per heavy atom. The second kappa shape index (κ2) is 3.78. The molecular weight excluding hydrogens is 152 g/mol. The van der Waals surface area contributed by atoms with Crippen LogP contribution < -0.4 is 16.2 Å². The molecule has 1 aromatic carbocycles. The van der Waals surface area contributed by atoms with E-state index in [1.54, 1.807) is 13.2 Å². The molecule has 1 aromatic rings. The zero-order valence-corrected chi connectivity index (χ0v) is 6.94. The van der Waals surface area contributed by atoms with Crippen LogP contribution in [0.2, 0.25) is 0 Å². The van der Waals surface area contributed by atoms with Crippen molar-refractivity contribution in [3.63, 3.8) is 0 Å². The first-order chi connectivity index (χ1) is 5.74. The molecule has 12 heavy (non-hydrogen) atoms. The van der Waals surface area contributed by atoms with Crippen molar-refractivity contribution < 1.29 is 5.21 Å². The molecular formula is C9H12N2O. The molecule has 0 fully saturated rings. The third-order valence-corrected chi connectivity index (χ3v) is 1.50. The summed E-state index contributed by atoms with van der Waals surface area (Å²) in [5, 5.41) is 11.7. The van der Waals surface area contributed by atoms with E-state index in [0.717, 1.165) is 15.5 Å². The molecule has 0 saturated carbocycles. The van der Waals surface area contributed by atoms with Gasteiger partial charge in [0.2, 0.25) is 0 Å². The van der Waals surface area contributed by atoms with Crippen LogP contribution in [0.1, 0.15) is 0 Å². The highest BCUT2D eigenvalue weighted by molar-refractivity contribution is 5.27. The topological polar surface area (TPSA) is 49.5 Å². The van der Waals surface area contributed by atoms with Crippen molar-refractivity contribution in [2.45, 2.75) is 0 Å². The summed E-state index contributed by atoms with van der Waals surface area (Å²) >= 11 is 0. The molecule has 3 heteroatoms. The van der Waals surface area contributed by atoms with E-state index < -0.39 is 0 Å². The van der Waals surface area contributed by atoms with E-state index in [9.17, 15) is 0 Å². The van der Waals surface area contributed by atoms with E-state index in [0.29, 0.717) is 0 Å². The molecule has 0 amide bonds. The normalized spacial score (nSPS) is 13.5. The molecule has 3 N–H and O–H groups in total. The molecule has 0 spiro atoms. The van der Waals surface area contributed by atoms with Crippen molar-refractivity contribution in [3.05, 3.63) is 34.7 Å². The van der Waals surface area contributed by atoms with E-state index in [1.807, 2.05) is 24.3 Å². The van der Waals surface area contributed by atoms with E-state index >= 15 is 0 Å². The van der Waals surface area contributed by atoms with Crippen LogP contribution in [0.25, 0.3) is 12.4 Å². The fourth-order valence-corrected chi connectivity index (χ4v) is 0.982. The van der Waals surface area contributed by atoms with Gasteiger partial charge in [-0.25, -0.2) is 0 Å². The lowest BCUT2D eigenvalue weighted by molar-refractivity contribution is 0.00771. The Morgan fingerprint density at radius 1 is 1.33 bits per heavy atom. The molecule has 0 heterocycles. The van der Waals surface area contributed by atoms with Crippen LogP contribution in [-0.2, 0) is 0 Å². The van der Waals surface area contributed by atoms with Gasteiger partial charge in [0.05, 0.1) is 0 Å². The van der Waals surface area contributed by atoms with Crippen molar-refractivity contribution in [2.75, 3.05) is 7.05 Å². The van der Waals surface area contributed by atoms with Gasteiger partial charge in [0.1, 0.15) is 0 Å². The second-order valence-electron chi connectivity index (χ2n) is 2.50. The fourth-order valence-electron chi connectivity index (χ4n) is 0.982. The number of hydrogen-bond donors (Lipinski definition) is 2. The first-order valence-corrected chi connectivity index (χ1v) is 3.64. The lowest BCUT2D eigenvalue weighted by Crippen LogP contribution is -2.27. The molecule has 0 unspecified atom stereocenters. The highest BCUT2D eigenvalue weighted by Gasteiger charge is 1.83. The van der Waals surface area contributed by atoms with Crippen molar-refractivity contribution in [2.24, 2.45) is 5.73 Å². The summed E-state index contributed by atoms with van der Waals surface area (Å²) in [6.07, 6.45) is 3.11. The molecule has 0 aliphatic heterocycles. The summed E-state index contributed by atoms with van der Waals surface area (Å²) in [5.74, 6) is 0. The highest BCUT2D eigenvalue weighted by atomic mass is 16.5. The van der Waals surface area contributed by atoms with Gasteiger partial charge >= 0.3 is 0 Å². The summed E-state index contributed by atoms with van der Waals surface area (Å²) in [7, 11) is 1.55. The number of hydroxylamine groups is 2. The minimum atomic E-state index is 0.894. The number of nitrogens with two attached hydrogens (primary N) is 1. The maximum Gasteiger partial charge on any atom is 0.0348 e. The molecule has 1 rings (SSSR count). The summed E-state index contributed by atoms with van der Waals surface area (Å²) in [5.41, 5.74) is 5.38. The molecule has 3 nitrogen and oxygen atoms in total. The highest BCUT2D eigenvalue weighted by Crippen LogP contribution is 1.74. The molecule has 64 valence electrons. The minimum absolute atomic E-state index is 0.894. The van der Waals surface area contributed by atoms with Crippen molar-refractivity contribution in [3.8, 4) is 0 Å². The van der Waals surface area contributed by atoms with Gasteiger partial charge in [-0.1, -0.05) is 24.3 Å². The van der Waals surface area contributed by atoms with E-state index in [2.05, 4.69) is 0 Å². The Bertz CT molecular complexity index is 357. The number of rotatable bonds is 1. The van der Waals surface area contributed by atoms with Crippen LogP contribution in [0.3, 0.4) is 0 Å². The summed E-state index contributed by atoms with van der Waals surface area (Å²) in [6.45, 7) is 0. The molecule has 0 bridgehead atoms. The Balaban J connectivity index is 3.34. The van der Waals surface area contributed by atoms with E-state index in [4.69, 9.17) is 10.9 Å². The fraction of sp³-hybridized carbons (Fsp3) is 0.111. The van der Waals surface area contributed by atoms with Crippen molar-refractivity contribution in [1.29, 1.82) is 0 Å². The van der Waals surface area contributed by atoms with Crippen LogP contribution in [-0.4, -0.2) is 17.3 Å². The quantitative estimate of drug-likeness (QED) is 0.547. The molecule has 0 aliphatic carbocycles. The van der Waals surface area contributed by atoms with Crippen molar-refractivity contribution in [1.82, 2.24) is 5.06 Å². The lowest BCUT2D eigenvalue weighted by atomic mass is 10.2. The Labute approximate surface area is 71.0 Å². The standard InChI is InChI=1S/C9H12N2O/c1-11(12)7-9-5-3-2-4-8(9)6-10/h2-7,12H,10H2,1H3/b8-6-,9-7-. The lowest BCUT2D eigenvalue weighted by Gasteiger charge is -2.00. The Morgan fingerprint density at radius 2 is 1.92 bits per heavy atom. The number of benzene rings is 1. The number of nitrogens with zero attached hydrogens (tertiary/aromatic N) is 1. The van der Waals surface area contributed by atoms with Crippen molar-refractivity contribution >= 4 is 12.4 Å². The number of hydrogen-bond acceptors (Lipinski definition) is 3. The third-order valence-electron chi connectivity index (χ3n) is 1.50. The third kappa shape index (κ3) is 2.00. The maximum atomic E-state index is 8.95. The van der Waals surface area contributed by atoms with Crippen LogP contribution in [0.15, 0.2) is 24.3 Å². The minimum Gasteiger partial charge on any atom is -0.404 e. The van der Waals surface area contributed by atoms with Gasteiger partial charge < -0.3 is 5.73 Å². The second-order valence-corrected chi connectivity index (χ2v) is 2.50. The molecule has 0 radical (unpaired) electrons. The molecule has 0 saturated heterocycles. The first-order valence-electron chi connectivity index (χ1n) is 3.64. The van der Waals surface area contributed by atoms with Gasteiger partial charge in [0.25, 0.3) is 0 Å². The summed E-state index contributed by atoms with van der Waals surface area (Å²) < 4.78 is 0.